The minimum absolute atomic E-state index is 0.386. The number of aromatic nitrogens is 1. The molecule has 4 rings (SSSR count). The predicted octanol–water partition coefficient (Wildman–Crippen LogP) is 3.95. The number of nitrogens with one attached hydrogen (secondary N) is 1. The highest BCUT2D eigenvalue weighted by atomic mass is 16.5. The van der Waals surface area contributed by atoms with Gasteiger partial charge in [0, 0.05) is 16.3 Å². The maximum absolute atomic E-state index is 12.3. The van der Waals surface area contributed by atoms with Crippen molar-refractivity contribution in [2.24, 2.45) is 0 Å². The molecular formula is C18H13NO3. The lowest BCUT2D eigenvalue weighted by molar-refractivity contribution is 0.407. The van der Waals surface area contributed by atoms with E-state index in [9.17, 15) is 4.79 Å². The molecule has 22 heavy (non-hydrogen) atoms. The smallest absolute Gasteiger partial charge is 0.345 e. The standard InChI is InChI=1S/C18H13NO3/c1-21-16-8-4-6-12-9-13(18(20)22-17(12)16)15-10-11-5-2-3-7-14(11)19-15/h2-10,19H,1H3. The van der Waals surface area contributed by atoms with E-state index >= 15 is 0 Å². The summed E-state index contributed by atoms with van der Waals surface area (Å²) in [6, 6.07) is 17.2. The number of hydrogen-bond donors (Lipinski definition) is 1. The second-order valence-corrected chi connectivity index (χ2v) is 5.10. The number of hydrogen-bond acceptors (Lipinski definition) is 3. The van der Waals surface area contributed by atoms with Gasteiger partial charge in [-0.2, -0.15) is 0 Å². The van der Waals surface area contributed by atoms with Gasteiger partial charge in [0.25, 0.3) is 0 Å². The monoisotopic (exact) mass is 291 g/mol. The van der Waals surface area contributed by atoms with E-state index in [1.54, 1.807) is 13.2 Å². The molecule has 108 valence electrons. The van der Waals surface area contributed by atoms with Crippen LogP contribution < -0.4 is 10.4 Å². The minimum Gasteiger partial charge on any atom is -0.493 e. The Morgan fingerprint density at radius 3 is 2.64 bits per heavy atom. The highest BCUT2D eigenvalue weighted by molar-refractivity contribution is 5.89. The van der Waals surface area contributed by atoms with Crippen LogP contribution >= 0.6 is 0 Å². The fourth-order valence-electron chi connectivity index (χ4n) is 2.68. The number of H-pyrrole nitrogens is 1. The van der Waals surface area contributed by atoms with Gasteiger partial charge in [0.15, 0.2) is 11.3 Å². The van der Waals surface area contributed by atoms with Crippen LogP contribution in [0, 0.1) is 0 Å². The largest absolute Gasteiger partial charge is 0.493 e. The summed E-state index contributed by atoms with van der Waals surface area (Å²) < 4.78 is 10.7. The Kier molecular flexibility index (Phi) is 2.76. The van der Waals surface area contributed by atoms with Crippen LogP contribution in [0.4, 0.5) is 0 Å². The Morgan fingerprint density at radius 1 is 1.00 bits per heavy atom. The molecule has 0 unspecified atom stereocenters. The van der Waals surface area contributed by atoms with Crippen molar-refractivity contribution >= 4 is 21.9 Å². The van der Waals surface area contributed by atoms with Gasteiger partial charge in [-0.1, -0.05) is 30.3 Å². The number of fused-ring (bicyclic) bond motifs is 2. The molecule has 0 aliphatic heterocycles. The second kappa shape index (κ2) is 4.77. The molecule has 2 aromatic heterocycles. The minimum atomic E-state index is -0.386. The molecule has 4 heteroatoms. The fourth-order valence-corrected chi connectivity index (χ4v) is 2.68. The highest BCUT2D eigenvalue weighted by Crippen LogP contribution is 2.28. The van der Waals surface area contributed by atoms with E-state index in [1.165, 1.54) is 0 Å². The van der Waals surface area contributed by atoms with Crippen LogP contribution in [-0.2, 0) is 0 Å². The first kappa shape index (κ1) is 12.7. The van der Waals surface area contributed by atoms with E-state index in [0.29, 0.717) is 16.9 Å². The first-order valence-corrected chi connectivity index (χ1v) is 6.95. The third kappa shape index (κ3) is 1.89. The Balaban J connectivity index is 1.98. The molecule has 0 atom stereocenters. The molecule has 1 N–H and O–H groups in total. The molecule has 2 aromatic carbocycles. The molecule has 0 saturated heterocycles. The van der Waals surface area contributed by atoms with Gasteiger partial charge in [-0.25, -0.2) is 4.79 Å². The van der Waals surface area contributed by atoms with Crippen molar-refractivity contribution in [3.05, 3.63) is 65.0 Å². The van der Waals surface area contributed by atoms with Gasteiger partial charge in [-0.15, -0.1) is 0 Å². The maximum atomic E-state index is 12.3. The molecular weight excluding hydrogens is 278 g/mol. The number of rotatable bonds is 2. The molecule has 4 nitrogen and oxygen atoms in total. The Morgan fingerprint density at radius 2 is 1.82 bits per heavy atom. The molecule has 0 spiro atoms. The number of para-hydroxylation sites is 2. The maximum Gasteiger partial charge on any atom is 0.345 e. The summed E-state index contributed by atoms with van der Waals surface area (Å²) in [5.74, 6) is 0.554. The summed E-state index contributed by atoms with van der Waals surface area (Å²) in [5.41, 5.74) is 2.33. The number of aromatic amines is 1. The lowest BCUT2D eigenvalue weighted by Crippen LogP contribution is -2.03. The Hall–Kier alpha value is -3.01. The van der Waals surface area contributed by atoms with E-state index in [2.05, 4.69) is 4.98 Å². The SMILES string of the molecule is COc1cccc2cc(-c3cc4ccccc4[nH]3)c(=O)oc12. The highest BCUT2D eigenvalue weighted by Gasteiger charge is 2.12. The normalized spacial score (nSPS) is 11.1. The van der Waals surface area contributed by atoms with Crippen LogP contribution in [0.2, 0.25) is 0 Å². The van der Waals surface area contributed by atoms with E-state index in [-0.39, 0.29) is 5.63 Å². The number of ether oxygens (including phenoxy) is 1. The molecule has 2 heterocycles. The van der Waals surface area contributed by atoms with Crippen LogP contribution in [0.3, 0.4) is 0 Å². The lowest BCUT2D eigenvalue weighted by Gasteiger charge is -2.04. The van der Waals surface area contributed by atoms with Crippen molar-refractivity contribution in [1.29, 1.82) is 0 Å². The number of methoxy groups -OCH3 is 1. The summed E-state index contributed by atoms with van der Waals surface area (Å²) in [6.45, 7) is 0. The van der Waals surface area contributed by atoms with Crippen molar-refractivity contribution in [2.45, 2.75) is 0 Å². The van der Waals surface area contributed by atoms with Crippen molar-refractivity contribution in [1.82, 2.24) is 4.98 Å². The fraction of sp³-hybridized carbons (Fsp3) is 0.0556. The molecule has 4 aromatic rings. The van der Waals surface area contributed by atoms with Crippen molar-refractivity contribution in [2.75, 3.05) is 7.11 Å². The number of benzene rings is 2. The third-order valence-corrected chi connectivity index (χ3v) is 3.76. The first-order valence-electron chi connectivity index (χ1n) is 6.95. The van der Waals surface area contributed by atoms with E-state index in [4.69, 9.17) is 9.15 Å². The first-order chi connectivity index (χ1) is 10.8. The van der Waals surface area contributed by atoms with Crippen molar-refractivity contribution in [3.8, 4) is 17.0 Å². The van der Waals surface area contributed by atoms with E-state index in [0.717, 1.165) is 22.0 Å². The van der Waals surface area contributed by atoms with Crippen LogP contribution in [0.5, 0.6) is 5.75 Å². The molecule has 0 saturated carbocycles. The van der Waals surface area contributed by atoms with E-state index < -0.39 is 0 Å². The second-order valence-electron chi connectivity index (χ2n) is 5.10. The molecule has 0 amide bonds. The van der Waals surface area contributed by atoms with E-state index in [1.807, 2.05) is 48.5 Å². The quantitative estimate of drug-likeness (QED) is 0.569. The summed E-state index contributed by atoms with van der Waals surface area (Å²) in [5, 5.41) is 1.88. The topological polar surface area (TPSA) is 55.2 Å². The third-order valence-electron chi connectivity index (χ3n) is 3.76. The summed E-state index contributed by atoms with van der Waals surface area (Å²) in [4.78, 5) is 15.6. The molecule has 0 radical (unpaired) electrons. The van der Waals surface area contributed by atoms with Gasteiger partial charge < -0.3 is 14.1 Å². The molecule has 0 aliphatic carbocycles. The zero-order valence-electron chi connectivity index (χ0n) is 11.9. The van der Waals surface area contributed by atoms with Crippen LogP contribution in [0.1, 0.15) is 0 Å². The van der Waals surface area contributed by atoms with Crippen molar-refractivity contribution in [3.63, 3.8) is 0 Å². The average Bonchev–Trinajstić information content (AvgIpc) is 2.97. The van der Waals surface area contributed by atoms with Crippen LogP contribution in [0.15, 0.2) is 63.8 Å². The average molecular weight is 291 g/mol. The zero-order valence-corrected chi connectivity index (χ0v) is 11.9. The van der Waals surface area contributed by atoms with Gasteiger partial charge in [-0.3, -0.25) is 0 Å². The molecule has 0 aliphatic rings. The Bertz CT molecular complexity index is 1010. The Labute approximate surface area is 126 Å². The van der Waals surface area contributed by atoms with Gasteiger partial charge in [-0.05, 0) is 24.3 Å². The molecule has 0 bridgehead atoms. The van der Waals surface area contributed by atoms with Crippen LogP contribution in [0.25, 0.3) is 33.1 Å². The lowest BCUT2D eigenvalue weighted by atomic mass is 10.1. The summed E-state index contributed by atoms with van der Waals surface area (Å²) >= 11 is 0. The van der Waals surface area contributed by atoms with Crippen molar-refractivity contribution < 1.29 is 9.15 Å². The van der Waals surface area contributed by atoms with Gasteiger partial charge in [0.2, 0.25) is 0 Å². The van der Waals surface area contributed by atoms with Gasteiger partial charge in [0.1, 0.15) is 0 Å². The molecule has 0 fully saturated rings. The zero-order chi connectivity index (χ0) is 15.1. The van der Waals surface area contributed by atoms with Gasteiger partial charge in [0.05, 0.1) is 18.4 Å². The van der Waals surface area contributed by atoms with Crippen LogP contribution in [-0.4, -0.2) is 12.1 Å². The predicted molar refractivity (Wildman–Crippen MR) is 86.3 cm³/mol. The summed E-state index contributed by atoms with van der Waals surface area (Å²) in [7, 11) is 1.56. The summed E-state index contributed by atoms with van der Waals surface area (Å²) in [6.07, 6.45) is 0. The van der Waals surface area contributed by atoms with Gasteiger partial charge >= 0.3 is 5.63 Å².